The number of hydrogen-bond donors (Lipinski definition) is 1. The number of ether oxygens (including phenoxy) is 1. The predicted molar refractivity (Wildman–Crippen MR) is 84.4 cm³/mol. The van der Waals surface area contributed by atoms with Crippen LogP contribution < -0.4 is 10.1 Å². The molecule has 0 atom stereocenters. The largest absolute Gasteiger partial charge is 0.430 e. The van der Waals surface area contributed by atoms with Gasteiger partial charge in [0.2, 0.25) is 0 Å². The summed E-state index contributed by atoms with van der Waals surface area (Å²) in [6.45, 7) is 0.701. The summed E-state index contributed by atoms with van der Waals surface area (Å²) in [4.78, 5) is 0. The number of hydrogen-bond acceptors (Lipinski definition) is 5. The number of benzene rings is 2. The van der Waals surface area contributed by atoms with Crippen LogP contribution in [0, 0.1) is 0 Å². The Balaban J connectivity index is 1.84. The van der Waals surface area contributed by atoms with Crippen molar-refractivity contribution in [3.8, 4) is 10.9 Å². The van der Waals surface area contributed by atoms with E-state index in [0.717, 1.165) is 20.6 Å². The number of nitrogens with one attached hydrogen (secondary N) is 1. The minimum atomic E-state index is 0.562. The Morgan fingerprint density at radius 3 is 2.80 bits per heavy atom. The molecule has 0 aliphatic rings. The van der Waals surface area contributed by atoms with Gasteiger partial charge in [0.25, 0.3) is 5.19 Å². The summed E-state index contributed by atoms with van der Waals surface area (Å²) in [6, 6.07) is 12.1. The zero-order valence-electron chi connectivity index (χ0n) is 10.8. The topological polar surface area (TPSA) is 47.0 Å². The average molecular weight is 350 g/mol. The van der Waals surface area contributed by atoms with Crippen LogP contribution in [0.2, 0.25) is 0 Å². The van der Waals surface area contributed by atoms with Crippen molar-refractivity contribution in [1.82, 2.24) is 15.5 Å². The van der Waals surface area contributed by atoms with E-state index in [9.17, 15) is 0 Å². The molecule has 1 N–H and O–H groups in total. The maximum Gasteiger partial charge on any atom is 0.299 e. The van der Waals surface area contributed by atoms with Crippen LogP contribution in [0.15, 0.2) is 40.9 Å². The summed E-state index contributed by atoms with van der Waals surface area (Å²) < 4.78 is 6.82. The quantitative estimate of drug-likeness (QED) is 0.774. The summed E-state index contributed by atoms with van der Waals surface area (Å²) in [5.74, 6) is 0.770. The fourth-order valence-corrected chi connectivity index (χ4v) is 2.96. The third kappa shape index (κ3) is 2.98. The molecule has 0 fully saturated rings. The Labute approximate surface area is 128 Å². The molecule has 20 heavy (non-hydrogen) atoms. The highest BCUT2D eigenvalue weighted by molar-refractivity contribution is 9.10. The van der Waals surface area contributed by atoms with Crippen molar-refractivity contribution in [3.63, 3.8) is 0 Å². The van der Waals surface area contributed by atoms with Crippen LogP contribution in [0.3, 0.4) is 0 Å². The standard InChI is InChI=1S/C14H12BrN3OS/c1-16-8-13-17-18-14(20-13)19-12-5-3-9-6-11(15)4-2-10(9)7-12/h2-7,16H,8H2,1H3. The first kappa shape index (κ1) is 13.5. The van der Waals surface area contributed by atoms with E-state index >= 15 is 0 Å². The van der Waals surface area contributed by atoms with Gasteiger partial charge in [-0.05, 0) is 42.1 Å². The predicted octanol–water partition coefficient (Wildman–Crippen LogP) is 3.97. The maximum atomic E-state index is 5.75. The molecular formula is C14H12BrN3OS. The first-order chi connectivity index (χ1) is 9.74. The summed E-state index contributed by atoms with van der Waals surface area (Å²) >= 11 is 4.91. The lowest BCUT2D eigenvalue weighted by atomic mass is 10.1. The normalized spacial score (nSPS) is 10.9. The summed E-state index contributed by atoms with van der Waals surface area (Å²) in [5.41, 5.74) is 0. The van der Waals surface area contributed by atoms with Crippen LogP contribution >= 0.6 is 27.3 Å². The summed E-state index contributed by atoms with van der Waals surface area (Å²) in [6.07, 6.45) is 0. The van der Waals surface area contributed by atoms with Crippen molar-refractivity contribution in [2.45, 2.75) is 6.54 Å². The van der Waals surface area contributed by atoms with Crippen LogP contribution in [0.25, 0.3) is 10.8 Å². The van der Waals surface area contributed by atoms with E-state index in [1.54, 1.807) is 0 Å². The molecule has 0 spiro atoms. The van der Waals surface area contributed by atoms with Gasteiger partial charge in [0.15, 0.2) is 0 Å². The van der Waals surface area contributed by atoms with Gasteiger partial charge in [-0.1, -0.05) is 44.5 Å². The van der Waals surface area contributed by atoms with Gasteiger partial charge in [0.1, 0.15) is 10.8 Å². The molecule has 0 aliphatic heterocycles. The molecule has 0 bridgehead atoms. The molecule has 2 aromatic carbocycles. The Morgan fingerprint density at radius 2 is 1.95 bits per heavy atom. The molecule has 4 nitrogen and oxygen atoms in total. The monoisotopic (exact) mass is 349 g/mol. The lowest BCUT2D eigenvalue weighted by molar-refractivity contribution is 0.473. The maximum absolute atomic E-state index is 5.75. The third-order valence-corrected chi connectivity index (χ3v) is 4.05. The van der Waals surface area contributed by atoms with E-state index in [-0.39, 0.29) is 0 Å². The zero-order chi connectivity index (χ0) is 13.9. The lowest BCUT2D eigenvalue weighted by Gasteiger charge is -2.03. The van der Waals surface area contributed by atoms with E-state index < -0.39 is 0 Å². The molecule has 3 aromatic rings. The van der Waals surface area contributed by atoms with Gasteiger partial charge in [0, 0.05) is 11.0 Å². The van der Waals surface area contributed by atoms with Crippen LogP contribution in [0.1, 0.15) is 5.01 Å². The molecule has 1 aromatic heterocycles. The lowest BCUT2D eigenvalue weighted by Crippen LogP contribution is -2.04. The van der Waals surface area contributed by atoms with Crippen molar-refractivity contribution >= 4 is 38.0 Å². The third-order valence-electron chi connectivity index (χ3n) is 2.76. The number of fused-ring (bicyclic) bond motifs is 1. The van der Waals surface area contributed by atoms with Crippen molar-refractivity contribution in [1.29, 1.82) is 0 Å². The van der Waals surface area contributed by atoms with E-state index in [1.165, 1.54) is 16.7 Å². The van der Waals surface area contributed by atoms with Gasteiger partial charge in [-0.3, -0.25) is 0 Å². The Kier molecular flexibility index (Phi) is 3.95. The Morgan fingerprint density at radius 1 is 1.15 bits per heavy atom. The molecule has 0 radical (unpaired) electrons. The molecule has 0 saturated carbocycles. The molecule has 102 valence electrons. The van der Waals surface area contributed by atoms with Gasteiger partial charge in [-0.2, -0.15) is 0 Å². The molecule has 0 unspecified atom stereocenters. The average Bonchev–Trinajstić information content (AvgIpc) is 2.87. The summed E-state index contributed by atoms with van der Waals surface area (Å²) in [7, 11) is 1.88. The number of halogens is 1. The van der Waals surface area contributed by atoms with E-state index in [2.05, 4.69) is 43.6 Å². The highest BCUT2D eigenvalue weighted by Crippen LogP contribution is 2.28. The number of aromatic nitrogens is 2. The first-order valence-electron chi connectivity index (χ1n) is 6.09. The van der Waals surface area contributed by atoms with E-state index in [0.29, 0.717) is 11.7 Å². The van der Waals surface area contributed by atoms with Gasteiger partial charge in [-0.25, -0.2) is 0 Å². The molecule has 0 aliphatic carbocycles. The fraction of sp³-hybridized carbons (Fsp3) is 0.143. The highest BCUT2D eigenvalue weighted by Gasteiger charge is 2.06. The number of nitrogens with zero attached hydrogens (tertiary/aromatic N) is 2. The fourth-order valence-electron chi connectivity index (χ4n) is 1.86. The minimum absolute atomic E-state index is 0.562. The van der Waals surface area contributed by atoms with Gasteiger partial charge >= 0.3 is 0 Å². The van der Waals surface area contributed by atoms with Crippen LogP contribution in [0.5, 0.6) is 10.9 Å². The molecule has 0 amide bonds. The van der Waals surface area contributed by atoms with Crippen LogP contribution in [-0.2, 0) is 6.54 Å². The van der Waals surface area contributed by atoms with Crippen LogP contribution in [0.4, 0.5) is 0 Å². The highest BCUT2D eigenvalue weighted by atomic mass is 79.9. The van der Waals surface area contributed by atoms with Crippen LogP contribution in [-0.4, -0.2) is 17.2 Å². The van der Waals surface area contributed by atoms with Crippen molar-refractivity contribution < 1.29 is 4.74 Å². The molecule has 1 heterocycles. The van der Waals surface area contributed by atoms with Gasteiger partial charge in [-0.15, -0.1) is 5.10 Å². The van der Waals surface area contributed by atoms with Crippen molar-refractivity contribution in [2.24, 2.45) is 0 Å². The van der Waals surface area contributed by atoms with Gasteiger partial charge in [0.05, 0.1) is 0 Å². The minimum Gasteiger partial charge on any atom is -0.430 e. The Hall–Kier alpha value is -1.50. The molecule has 0 saturated heterocycles. The second-order valence-electron chi connectivity index (χ2n) is 4.25. The first-order valence-corrected chi connectivity index (χ1v) is 7.70. The SMILES string of the molecule is CNCc1nnc(Oc2ccc3cc(Br)ccc3c2)s1. The Bertz CT molecular complexity index is 744. The van der Waals surface area contributed by atoms with E-state index in [4.69, 9.17) is 4.74 Å². The summed E-state index contributed by atoms with van der Waals surface area (Å²) in [5, 5.41) is 14.9. The van der Waals surface area contributed by atoms with E-state index in [1.807, 2.05) is 31.3 Å². The van der Waals surface area contributed by atoms with Crippen molar-refractivity contribution in [3.05, 3.63) is 45.9 Å². The zero-order valence-corrected chi connectivity index (χ0v) is 13.2. The second-order valence-corrected chi connectivity index (χ2v) is 6.19. The molecule has 3 rings (SSSR count). The molecular weight excluding hydrogens is 338 g/mol. The van der Waals surface area contributed by atoms with Crippen molar-refractivity contribution in [2.75, 3.05) is 7.05 Å². The molecule has 6 heteroatoms. The number of rotatable bonds is 4. The second kappa shape index (κ2) is 5.87. The smallest absolute Gasteiger partial charge is 0.299 e. The van der Waals surface area contributed by atoms with Gasteiger partial charge < -0.3 is 10.1 Å².